The van der Waals surface area contributed by atoms with Crippen molar-refractivity contribution in [2.45, 2.75) is 45.4 Å². The summed E-state index contributed by atoms with van der Waals surface area (Å²) in [4.78, 5) is 44.3. The number of carbonyl (C=O) groups excluding carboxylic acids is 2. The highest BCUT2D eigenvalue weighted by molar-refractivity contribution is 6.35. The number of benzene rings is 3. The van der Waals surface area contributed by atoms with Crippen LogP contribution in [0.15, 0.2) is 77.6 Å². The van der Waals surface area contributed by atoms with E-state index in [1.807, 2.05) is 30.3 Å². The van der Waals surface area contributed by atoms with Crippen molar-refractivity contribution in [2.24, 2.45) is 0 Å². The Labute approximate surface area is 260 Å². The predicted octanol–water partition coefficient (Wildman–Crippen LogP) is 5.33. The maximum absolute atomic E-state index is 14.1. The van der Waals surface area contributed by atoms with E-state index >= 15 is 0 Å². The van der Waals surface area contributed by atoms with Crippen LogP contribution in [0.4, 0.5) is 15.3 Å². The van der Waals surface area contributed by atoms with Crippen LogP contribution in [0.5, 0.6) is 0 Å². The second-order valence-corrected chi connectivity index (χ2v) is 11.4. The van der Waals surface area contributed by atoms with Gasteiger partial charge in [0.05, 0.1) is 34.8 Å². The van der Waals surface area contributed by atoms with Gasteiger partial charge in [0.1, 0.15) is 17.5 Å². The average Bonchev–Trinajstić information content (AvgIpc) is 2.96. The number of amides is 3. The molecule has 4 N–H and O–H groups in total. The van der Waals surface area contributed by atoms with Crippen molar-refractivity contribution in [2.75, 3.05) is 25.1 Å². The number of nitrogens with zero attached hydrogens (tertiary/aromatic N) is 2. The van der Waals surface area contributed by atoms with E-state index in [4.69, 9.17) is 31.2 Å². The molecular weight excluding hydrogens is 586 g/mol. The van der Waals surface area contributed by atoms with Crippen LogP contribution in [0.3, 0.4) is 0 Å². The number of nitrogens with one attached hydrogen (secondary N) is 3. The van der Waals surface area contributed by atoms with Crippen molar-refractivity contribution in [1.29, 1.82) is 0 Å². The van der Waals surface area contributed by atoms with Crippen LogP contribution in [0.25, 0.3) is 16.6 Å². The monoisotopic (exact) mass is 621 g/mol. The lowest BCUT2D eigenvalue weighted by Crippen LogP contribution is -2.39. The fourth-order valence-electron chi connectivity index (χ4n) is 4.37. The van der Waals surface area contributed by atoms with Crippen LogP contribution < -0.4 is 21.5 Å². The molecule has 0 aliphatic rings. The zero-order valence-corrected chi connectivity index (χ0v) is 25.6. The predicted molar refractivity (Wildman–Crippen MR) is 169 cm³/mol. The van der Waals surface area contributed by atoms with Gasteiger partial charge in [0.15, 0.2) is 0 Å². The summed E-state index contributed by atoms with van der Waals surface area (Å²) in [5.74, 6) is 0.174. The molecule has 0 radical (unpaired) electrons. The number of halogens is 1. The summed E-state index contributed by atoms with van der Waals surface area (Å²) >= 11 is 6.47. The van der Waals surface area contributed by atoms with E-state index in [1.165, 1.54) is 4.57 Å². The molecule has 3 aromatic carbocycles. The number of fused-ring (bicyclic) bond motifs is 1. The molecule has 0 spiro atoms. The quantitative estimate of drug-likeness (QED) is 0.166. The van der Waals surface area contributed by atoms with Gasteiger partial charge in [-0.2, -0.15) is 0 Å². The van der Waals surface area contributed by atoms with Gasteiger partial charge in [0, 0.05) is 18.8 Å². The zero-order valence-electron chi connectivity index (χ0n) is 24.8. The summed E-state index contributed by atoms with van der Waals surface area (Å²) in [5, 5.41) is 17.6. The normalized spacial score (nSPS) is 12.0. The summed E-state index contributed by atoms with van der Waals surface area (Å²) in [6.45, 7) is 5.69. The van der Waals surface area contributed by atoms with Gasteiger partial charge < -0.3 is 30.5 Å². The van der Waals surface area contributed by atoms with Gasteiger partial charge >= 0.3 is 12.1 Å². The molecular formula is C32H36ClN5O6. The summed E-state index contributed by atoms with van der Waals surface area (Å²) in [6.07, 6.45) is -0.304. The smallest absolute Gasteiger partial charge is 0.408 e. The zero-order chi connectivity index (χ0) is 31.7. The van der Waals surface area contributed by atoms with Crippen LogP contribution in [-0.4, -0.2) is 52.1 Å². The number of aliphatic hydroxyl groups excluding tert-OH is 1. The molecule has 0 aliphatic carbocycles. The summed E-state index contributed by atoms with van der Waals surface area (Å²) in [5.41, 5.74) is 0.783. The lowest BCUT2D eigenvalue weighted by Gasteiger charge is -2.25. The van der Waals surface area contributed by atoms with E-state index in [9.17, 15) is 14.4 Å². The summed E-state index contributed by atoms with van der Waals surface area (Å²) in [6, 6.07) is 19.7. The number of urea groups is 1. The molecule has 1 aromatic heterocycles. The van der Waals surface area contributed by atoms with Gasteiger partial charge in [-0.1, -0.05) is 54.1 Å². The Balaban J connectivity index is 1.79. The average molecular weight is 622 g/mol. The molecule has 3 amide bonds. The lowest BCUT2D eigenvalue weighted by molar-refractivity contribution is 0.0418. The lowest BCUT2D eigenvalue weighted by atomic mass is 10.2. The maximum atomic E-state index is 14.1. The molecule has 12 heteroatoms. The Kier molecular flexibility index (Phi) is 10.9. The van der Waals surface area contributed by atoms with Gasteiger partial charge in [-0.15, -0.1) is 0 Å². The number of alkyl carbamates (subject to hydrolysis) is 1. The molecule has 44 heavy (non-hydrogen) atoms. The van der Waals surface area contributed by atoms with Crippen molar-refractivity contribution in [3.63, 3.8) is 0 Å². The molecule has 1 heterocycles. The molecule has 0 unspecified atom stereocenters. The SMILES string of the molecule is CC(C)(C)OC(=O)N[C@@H](COCc1ccccc1)c1nc2cccc(Cl)c2c(=O)n1-c1cccc(NC(=O)NCCCO)c1. The van der Waals surface area contributed by atoms with Crippen LogP contribution in [0.2, 0.25) is 5.02 Å². The highest BCUT2D eigenvalue weighted by Gasteiger charge is 2.27. The van der Waals surface area contributed by atoms with E-state index in [0.717, 1.165) is 5.56 Å². The van der Waals surface area contributed by atoms with Gasteiger partial charge in [-0.25, -0.2) is 14.6 Å². The Bertz CT molecular complexity index is 1660. The van der Waals surface area contributed by atoms with Crippen molar-refractivity contribution in [3.8, 4) is 5.69 Å². The minimum Gasteiger partial charge on any atom is -0.444 e. The third-order valence-corrected chi connectivity index (χ3v) is 6.57. The number of aliphatic hydroxyl groups is 1. The summed E-state index contributed by atoms with van der Waals surface area (Å²) in [7, 11) is 0. The second-order valence-electron chi connectivity index (χ2n) is 11.0. The second kappa shape index (κ2) is 14.8. The minimum atomic E-state index is -0.928. The van der Waals surface area contributed by atoms with E-state index < -0.39 is 29.3 Å². The number of anilines is 1. The minimum absolute atomic E-state index is 0.0438. The molecule has 1 atom stereocenters. The Morgan fingerprint density at radius 2 is 1.80 bits per heavy atom. The fourth-order valence-corrected chi connectivity index (χ4v) is 4.62. The van der Waals surface area contributed by atoms with Gasteiger partial charge in [0.25, 0.3) is 5.56 Å². The molecule has 4 rings (SSSR count). The standard InChI is InChI=1S/C32H36ClN5O6/c1-32(2,3)44-31(42)37-26(20-43-19-21-10-5-4-6-11-21)28-36-25-15-8-14-24(33)27(25)29(40)38(28)23-13-7-12-22(18-23)35-30(41)34-16-9-17-39/h4-8,10-15,18,26,39H,9,16-17,19-20H2,1-3H3,(H,37,42)(H2,34,35,41)/t26-/m0/s1. The molecule has 4 aromatic rings. The first-order valence-electron chi connectivity index (χ1n) is 14.1. The topological polar surface area (TPSA) is 144 Å². The van der Waals surface area contributed by atoms with Crippen LogP contribution in [0.1, 0.15) is 44.6 Å². The van der Waals surface area contributed by atoms with E-state index in [1.54, 1.807) is 63.2 Å². The number of carbonyl (C=O) groups is 2. The van der Waals surface area contributed by atoms with Crippen molar-refractivity contribution < 1.29 is 24.2 Å². The fraction of sp³-hybridized carbons (Fsp3) is 0.312. The number of ether oxygens (including phenoxy) is 2. The van der Waals surface area contributed by atoms with Crippen LogP contribution >= 0.6 is 11.6 Å². The number of aromatic nitrogens is 2. The van der Waals surface area contributed by atoms with Gasteiger partial charge in [-0.3, -0.25) is 9.36 Å². The molecule has 0 bridgehead atoms. The third-order valence-electron chi connectivity index (χ3n) is 6.25. The molecule has 0 fully saturated rings. The maximum Gasteiger partial charge on any atom is 0.408 e. The highest BCUT2D eigenvalue weighted by atomic mass is 35.5. The van der Waals surface area contributed by atoms with E-state index in [0.29, 0.717) is 29.9 Å². The first-order valence-corrected chi connectivity index (χ1v) is 14.5. The first-order chi connectivity index (χ1) is 21.1. The van der Waals surface area contributed by atoms with Gasteiger partial charge in [0.2, 0.25) is 0 Å². The van der Waals surface area contributed by atoms with E-state index in [-0.39, 0.29) is 36.1 Å². The molecule has 0 saturated carbocycles. The molecule has 0 saturated heterocycles. The molecule has 0 aliphatic heterocycles. The Hall–Kier alpha value is -4.45. The third kappa shape index (κ3) is 8.79. The Morgan fingerprint density at radius 1 is 1.05 bits per heavy atom. The summed E-state index contributed by atoms with van der Waals surface area (Å²) < 4.78 is 12.9. The molecule has 11 nitrogen and oxygen atoms in total. The Morgan fingerprint density at radius 3 is 2.52 bits per heavy atom. The van der Waals surface area contributed by atoms with Crippen LogP contribution in [0, 0.1) is 0 Å². The number of hydrogen-bond donors (Lipinski definition) is 4. The van der Waals surface area contributed by atoms with Crippen LogP contribution in [-0.2, 0) is 16.1 Å². The largest absolute Gasteiger partial charge is 0.444 e. The number of hydrogen-bond acceptors (Lipinski definition) is 7. The van der Waals surface area contributed by atoms with Crippen molar-refractivity contribution in [1.82, 2.24) is 20.2 Å². The van der Waals surface area contributed by atoms with Gasteiger partial charge in [-0.05, 0) is 63.1 Å². The highest BCUT2D eigenvalue weighted by Crippen LogP contribution is 2.25. The van der Waals surface area contributed by atoms with Crippen molar-refractivity contribution >= 4 is 40.3 Å². The number of rotatable bonds is 11. The first kappa shape index (κ1) is 32.5. The van der Waals surface area contributed by atoms with Crippen molar-refractivity contribution in [3.05, 3.63) is 99.6 Å². The van der Waals surface area contributed by atoms with E-state index in [2.05, 4.69) is 16.0 Å². The molecule has 232 valence electrons.